The van der Waals surface area contributed by atoms with Gasteiger partial charge in [-0.2, -0.15) is 0 Å². The summed E-state index contributed by atoms with van der Waals surface area (Å²) in [7, 11) is 0. The molecule has 0 saturated carbocycles. The molecule has 2 rings (SSSR count). The van der Waals surface area contributed by atoms with Crippen LogP contribution in [-0.2, 0) is 0 Å². The summed E-state index contributed by atoms with van der Waals surface area (Å²) in [5.41, 5.74) is 8.51. The molecule has 1 nitrogen and oxygen atoms in total. The van der Waals surface area contributed by atoms with E-state index in [0.717, 1.165) is 17.9 Å². The molecule has 0 aromatic heterocycles. The summed E-state index contributed by atoms with van der Waals surface area (Å²) >= 11 is 5.84. The smallest absolute Gasteiger partial charge is 0.0406 e. The molecule has 0 saturated heterocycles. The molecular weight excluding hydrogens is 229 g/mol. The van der Waals surface area contributed by atoms with Crippen molar-refractivity contribution in [3.05, 3.63) is 40.9 Å². The summed E-state index contributed by atoms with van der Waals surface area (Å²) in [4.78, 5) is 0. The van der Waals surface area contributed by atoms with Crippen LogP contribution in [0.15, 0.2) is 30.3 Å². The molecule has 1 aromatic rings. The SMILES string of the molecule is Cl.NC1C=C(c2ccc(Cl)cc2)CCC1. The number of hydrogen-bond acceptors (Lipinski definition) is 1. The topological polar surface area (TPSA) is 26.0 Å². The molecule has 1 aliphatic carbocycles. The molecule has 1 aromatic carbocycles. The predicted octanol–water partition coefficient (Wildman–Crippen LogP) is 3.66. The average Bonchev–Trinajstić information content (AvgIpc) is 2.19. The van der Waals surface area contributed by atoms with Crippen LogP contribution in [0.3, 0.4) is 0 Å². The molecule has 0 amide bonds. The van der Waals surface area contributed by atoms with Crippen molar-refractivity contribution in [1.29, 1.82) is 0 Å². The van der Waals surface area contributed by atoms with Crippen molar-refractivity contribution < 1.29 is 0 Å². The van der Waals surface area contributed by atoms with E-state index in [1.165, 1.54) is 17.6 Å². The number of allylic oxidation sites excluding steroid dienone is 1. The van der Waals surface area contributed by atoms with Crippen molar-refractivity contribution in [1.82, 2.24) is 0 Å². The van der Waals surface area contributed by atoms with E-state index in [1.54, 1.807) is 0 Å². The molecule has 1 unspecified atom stereocenters. The monoisotopic (exact) mass is 243 g/mol. The Balaban J connectivity index is 0.00000112. The van der Waals surface area contributed by atoms with Gasteiger partial charge in [-0.25, -0.2) is 0 Å². The number of halogens is 2. The van der Waals surface area contributed by atoms with E-state index in [0.29, 0.717) is 0 Å². The minimum absolute atomic E-state index is 0. The molecule has 2 N–H and O–H groups in total. The zero-order valence-corrected chi connectivity index (χ0v) is 10.0. The fraction of sp³-hybridized carbons (Fsp3) is 0.333. The fourth-order valence-corrected chi connectivity index (χ4v) is 1.98. The maximum Gasteiger partial charge on any atom is 0.0406 e. The number of benzene rings is 1. The minimum atomic E-state index is 0. The van der Waals surface area contributed by atoms with Crippen LogP contribution in [-0.4, -0.2) is 6.04 Å². The first-order chi connectivity index (χ1) is 6.75. The summed E-state index contributed by atoms with van der Waals surface area (Å²) in [6.07, 6.45) is 5.61. The first kappa shape index (κ1) is 12.6. The van der Waals surface area contributed by atoms with Gasteiger partial charge in [0.05, 0.1) is 0 Å². The van der Waals surface area contributed by atoms with Crippen molar-refractivity contribution in [3.8, 4) is 0 Å². The average molecular weight is 244 g/mol. The van der Waals surface area contributed by atoms with Gasteiger partial charge < -0.3 is 5.73 Å². The zero-order valence-electron chi connectivity index (χ0n) is 8.45. The van der Waals surface area contributed by atoms with Gasteiger partial charge in [0.1, 0.15) is 0 Å². The molecule has 0 bridgehead atoms. The van der Waals surface area contributed by atoms with Crippen LogP contribution in [0.25, 0.3) is 5.57 Å². The lowest BCUT2D eigenvalue weighted by molar-refractivity contribution is 0.654. The lowest BCUT2D eigenvalue weighted by Crippen LogP contribution is -2.19. The van der Waals surface area contributed by atoms with Crippen LogP contribution in [0.5, 0.6) is 0 Å². The van der Waals surface area contributed by atoms with Crippen LogP contribution in [0.1, 0.15) is 24.8 Å². The number of hydrogen-bond donors (Lipinski definition) is 1. The zero-order chi connectivity index (χ0) is 9.97. The maximum atomic E-state index is 5.89. The quantitative estimate of drug-likeness (QED) is 0.801. The van der Waals surface area contributed by atoms with Crippen molar-refractivity contribution >= 4 is 29.6 Å². The highest BCUT2D eigenvalue weighted by atomic mass is 35.5. The Hall–Kier alpha value is -0.500. The van der Waals surface area contributed by atoms with Crippen molar-refractivity contribution in [2.24, 2.45) is 5.73 Å². The summed E-state index contributed by atoms with van der Waals surface area (Å²) in [5, 5.41) is 0.787. The molecule has 15 heavy (non-hydrogen) atoms. The van der Waals surface area contributed by atoms with Crippen LogP contribution >= 0.6 is 24.0 Å². The molecule has 1 aliphatic rings. The highest BCUT2D eigenvalue weighted by Crippen LogP contribution is 2.26. The molecule has 0 fully saturated rings. The van der Waals surface area contributed by atoms with E-state index in [2.05, 4.69) is 18.2 Å². The Morgan fingerprint density at radius 1 is 1.20 bits per heavy atom. The standard InChI is InChI=1S/C12H14ClN.ClH/c13-11-6-4-9(5-7-11)10-2-1-3-12(14)8-10;/h4-8,12H,1-3,14H2;1H. The van der Waals surface area contributed by atoms with Gasteiger partial charge >= 0.3 is 0 Å². The Kier molecular flexibility index (Phi) is 4.65. The van der Waals surface area contributed by atoms with E-state index >= 15 is 0 Å². The fourth-order valence-electron chi connectivity index (χ4n) is 1.86. The number of nitrogens with two attached hydrogens (primary N) is 1. The van der Waals surface area contributed by atoms with E-state index in [-0.39, 0.29) is 18.4 Å². The van der Waals surface area contributed by atoms with Gasteiger partial charge in [0.15, 0.2) is 0 Å². The van der Waals surface area contributed by atoms with Crippen molar-refractivity contribution in [2.45, 2.75) is 25.3 Å². The second-order valence-corrected chi connectivity index (χ2v) is 4.19. The van der Waals surface area contributed by atoms with E-state index in [1.807, 2.05) is 12.1 Å². The highest BCUT2D eigenvalue weighted by molar-refractivity contribution is 6.30. The molecule has 0 radical (unpaired) electrons. The third kappa shape index (κ3) is 3.23. The molecule has 82 valence electrons. The Labute approximate surface area is 102 Å². The molecule has 0 heterocycles. The van der Waals surface area contributed by atoms with Crippen LogP contribution in [0.4, 0.5) is 0 Å². The first-order valence-electron chi connectivity index (χ1n) is 4.98. The van der Waals surface area contributed by atoms with E-state index in [4.69, 9.17) is 17.3 Å². The highest BCUT2D eigenvalue weighted by Gasteiger charge is 2.10. The van der Waals surface area contributed by atoms with Gasteiger partial charge in [0, 0.05) is 11.1 Å². The van der Waals surface area contributed by atoms with Crippen LogP contribution < -0.4 is 5.73 Å². The largest absolute Gasteiger partial charge is 0.324 e. The molecule has 0 aliphatic heterocycles. The summed E-state index contributed by atoms with van der Waals surface area (Å²) in [6.45, 7) is 0. The normalized spacial score (nSPS) is 20.4. The van der Waals surface area contributed by atoms with Gasteiger partial charge in [0.25, 0.3) is 0 Å². The third-order valence-corrected chi connectivity index (χ3v) is 2.87. The van der Waals surface area contributed by atoms with Gasteiger partial charge in [-0.3, -0.25) is 0 Å². The molecular formula is C12H15Cl2N. The van der Waals surface area contributed by atoms with E-state index in [9.17, 15) is 0 Å². The second kappa shape index (κ2) is 5.55. The predicted molar refractivity (Wildman–Crippen MR) is 68.5 cm³/mol. The second-order valence-electron chi connectivity index (χ2n) is 3.75. The Bertz CT molecular complexity index is 343. The lowest BCUT2D eigenvalue weighted by atomic mass is 9.91. The van der Waals surface area contributed by atoms with Crippen molar-refractivity contribution in [2.75, 3.05) is 0 Å². The molecule has 0 spiro atoms. The van der Waals surface area contributed by atoms with Gasteiger partial charge in [-0.05, 0) is 42.5 Å². The van der Waals surface area contributed by atoms with Crippen LogP contribution in [0, 0.1) is 0 Å². The molecule has 3 heteroatoms. The lowest BCUT2D eigenvalue weighted by Gasteiger charge is -2.17. The molecule has 1 atom stereocenters. The van der Waals surface area contributed by atoms with Gasteiger partial charge in [-0.15, -0.1) is 12.4 Å². The van der Waals surface area contributed by atoms with E-state index < -0.39 is 0 Å². The van der Waals surface area contributed by atoms with Gasteiger partial charge in [0.2, 0.25) is 0 Å². The maximum absolute atomic E-state index is 5.89. The van der Waals surface area contributed by atoms with Gasteiger partial charge in [-0.1, -0.05) is 29.8 Å². The summed E-state index contributed by atoms with van der Waals surface area (Å²) in [6, 6.07) is 8.21. The third-order valence-electron chi connectivity index (χ3n) is 2.61. The van der Waals surface area contributed by atoms with Crippen LogP contribution in [0.2, 0.25) is 5.02 Å². The summed E-state index contributed by atoms with van der Waals surface area (Å²) < 4.78 is 0. The minimum Gasteiger partial charge on any atom is -0.324 e. The van der Waals surface area contributed by atoms with Crippen molar-refractivity contribution in [3.63, 3.8) is 0 Å². The first-order valence-corrected chi connectivity index (χ1v) is 5.36. The Morgan fingerprint density at radius 2 is 1.87 bits per heavy atom. The Morgan fingerprint density at radius 3 is 2.47 bits per heavy atom. The summed E-state index contributed by atoms with van der Waals surface area (Å²) in [5.74, 6) is 0. The number of rotatable bonds is 1.